The van der Waals surface area contributed by atoms with Crippen molar-refractivity contribution >= 4 is 15.9 Å². The summed E-state index contributed by atoms with van der Waals surface area (Å²) < 4.78 is 30.9. The van der Waals surface area contributed by atoms with Crippen LogP contribution in [0.3, 0.4) is 0 Å². The Bertz CT molecular complexity index is 704. The number of amides is 1. The Morgan fingerprint density at radius 3 is 2.74 bits per heavy atom. The molecule has 1 aromatic rings. The highest BCUT2D eigenvalue weighted by Crippen LogP contribution is 2.38. The molecule has 126 valence electrons. The highest BCUT2D eigenvalue weighted by Gasteiger charge is 2.47. The van der Waals surface area contributed by atoms with Crippen LogP contribution in [0, 0.1) is 5.92 Å². The van der Waals surface area contributed by atoms with Crippen molar-refractivity contribution in [1.82, 2.24) is 9.62 Å². The summed E-state index contributed by atoms with van der Waals surface area (Å²) in [6, 6.07) is 7.29. The average Bonchev–Trinajstić information content (AvgIpc) is 3.06. The Balaban J connectivity index is 1.71. The first-order valence-corrected chi connectivity index (χ1v) is 9.65. The number of methoxy groups -OCH3 is 1. The fraction of sp³-hybridized carbons (Fsp3) is 0.562. The SMILES string of the molecule is COc1ccccc1CC(=O)N1CC2CC(NS(C)(=O)=O)C1C2. The average molecular weight is 338 g/mol. The number of rotatable bonds is 5. The first-order valence-electron chi connectivity index (χ1n) is 7.76. The topological polar surface area (TPSA) is 75.7 Å². The lowest BCUT2D eigenvalue weighted by molar-refractivity contribution is -0.132. The molecular formula is C16H22N2O4S. The molecule has 7 heteroatoms. The van der Waals surface area contributed by atoms with Crippen LogP contribution >= 0.6 is 0 Å². The van der Waals surface area contributed by atoms with Gasteiger partial charge in [-0.05, 0) is 24.8 Å². The third-order valence-corrected chi connectivity index (χ3v) is 5.43. The van der Waals surface area contributed by atoms with Crippen molar-refractivity contribution in [2.24, 2.45) is 5.92 Å². The van der Waals surface area contributed by atoms with Gasteiger partial charge in [0.1, 0.15) is 5.75 Å². The fourth-order valence-electron chi connectivity index (χ4n) is 3.83. The Morgan fingerprint density at radius 1 is 1.35 bits per heavy atom. The molecule has 3 rings (SSSR count). The first kappa shape index (κ1) is 16.3. The minimum absolute atomic E-state index is 0.0296. The van der Waals surface area contributed by atoms with Crippen LogP contribution in [-0.4, -0.2) is 51.2 Å². The summed E-state index contributed by atoms with van der Waals surface area (Å²) in [7, 11) is -1.67. The predicted molar refractivity (Wildman–Crippen MR) is 86.7 cm³/mol. The van der Waals surface area contributed by atoms with E-state index in [4.69, 9.17) is 4.74 Å². The number of likely N-dealkylation sites (tertiary alicyclic amines) is 1. The van der Waals surface area contributed by atoms with Gasteiger partial charge in [0.25, 0.3) is 0 Å². The molecular weight excluding hydrogens is 316 g/mol. The number of hydrogen-bond acceptors (Lipinski definition) is 4. The number of sulfonamides is 1. The second kappa shape index (κ2) is 6.13. The highest BCUT2D eigenvalue weighted by atomic mass is 32.2. The van der Waals surface area contributed by atoms with Gasteiger partial charge in [0.2, 0.25) is 15.9 Å². The zero-order valence-electron chi connectivity index (χ0n) is 13.4. The molecule has 23 heavy (non-hydrogen) atoms. The van der Waals surface area contributed by atoms with Crippen molar-refractivity contribution in [3.05, 3.63) is 29.8 Å². The Morgan fingerprint density at radius 2 is 2.09 bits per heavy atom. The molecule has 2 fully saturated rings. The molecule has 3 unspecified atom stereocenters. The molecule has 1 aliphatic heterocycles. The molecule has 1 saturated carbocycles. The standard InChI is InChI=1S/C16H22N2O4S/c1-22-15-6-4-3-5-12(15)9-16(19)18-10-11-7-13(14(18)8-11)17-23(2,20)21/h3-6,11,13-14,17H,7-10H2,1-2H3. The molecule has 0 aromatic heterocycles. The van der Waals surface area contributed by atoms with E-state index in [-0.39, 0.29) is 24.4 Å². The van der Waals surface area contributed by atoms with Gasteiger partial charge in [-0.2, -0.15) is 0 Å². The maximum atomic E-state index is 12.7. The summed E-state index contributed by atoms with van der Waals surface area (Å²) in [5, 5.41) is 0. The van der Waals surface area contributed by atoms with E-state index in [0.717, 1.165) is 24.9 Å². The van der Waals surface area contributed by atoms with Gasteiger partial charge >= 0.3 is 0 Å². The number of fused-ring (bicyclic) bond motifs is 2. The van der Waals surface area contributed by atoms with E-state index < -0.39 is 10.0 Å². The summed E-state index contributed by atoms with van der Waals surface area (Å²) in [6.45, 7) is 0.723. The second-order valence-corrected chi connectivity index (χ2v) is 8.22. The van der Waals surface area contributed by atoms with Crippen LogP contribution in [0.5, 0.6) is 5.75 Å². The monoisotopic (exact) mass is 338 g/mol. The molecule has 1 amide bonds. The predicted octanol–water partition coefficient (Wildman–Crippen LogP) is 0.776. The lowest BCUT2D eigenvalue weighted by atomic mass is 10.0. The highest BCUT2D eigenvalue weighted by molar-refractivity contribution is 7.88. The van der Waals surface area contributed by atoms with Crippen molar-refractivity contribution in [1.29, 1.82) is 0 Å². The van der Waals surface area contributed by atoms with Crippen LogP contribution in [0.15, 0.2) is 24.3 Å². The number of nitrogens with zero attached hydrogens (tertiary/aromatic N) is 1. The summed E-state index contributed by atoms with van der Waals surface area (Å²) in [4.78, 5) is 14.5. The van der Waals surface area contributed by atoms with Crippen LogP contribution in [0.25, 0.3) is 0 Å². The quantitative estimate of drug-likeness (QED) is 0.861. The van der Waals surface area contributed by atoms with Gasteiger partial charge in [0.15, 0.2) is 0 Å². The molecule has 1 N–H and O–H groups in total. The second-order valence-electron chi connectivity index (χ2n) is 6.44. The lowest BCUT2D eigenvalue weighted by Crippen LogP contribution is -2.52. The number of carbonyl (C=O) groups is 1. The molecule has 2 bridgehead atoms. The first-order chi connectivity index (χ1) is 10.9. The summed E-state index contributed by atoms with van der Waals surface area (Å²) in [6.07, 6.45) is 3.14. The molecule has 0 radical (unpaired) electrons. The molecule has 1 heterocycles. The van der Waals surface area contributed by atoms with Crippen LogP contribution in [0.2, 0.25) is 0 Å². The summed E-state index contributed by atoms with van der Waals surface area (Å²) in [5.41, 5.74) is 0.857. The molecule has 1 aromatic carbocycles. The zero-order valence-corrected chi connectivity index (χ0v) is 14.2. The summed E-state index contributed by atoms with van der Waals surface area (Å²) >= 11 is 0. The third-order valence-electron chi connectivity index (χ3n) is 4.70. The largest absolute Gasteiger partial charge is 0.496 e. The van der Waals surface area contributed by atoms with Crippen molar-refractivity contribution in [3.63, 3.8) is 0 Å². The van der Waals surface area contributed by atoms with Crippen LogP contribution in [0.1, 0.15) is 18.4 Å². The van der Waals surface area contributed by atoms with Gasteiger partial charge in [0, 0.05) is 24.2 Å². The maximum Gasteiger partial charge on any atom is 0.227 e. The Labute approximate surface area is 136 Å². The van der Waals surface area contributed by atoms with Gasteiger partial charge in [-0.15, -0.1) is 0 Å². The van der Waals surface area contributed by atoms with Crippen molar-refractivity contribution in [3.8, 4) is 5.75 Å². The smallest absolute Gasteiger partial charge is 0.227 e. The minimum Gasteiger partial charge on any atom is -0.496 e. The van der Waals surface area contributed by atoms with E-state index in [0.29, 0.717) is 11.7 Å². The number of nitrogens with one attached hydrogen (secondary N) is 1. The van der Waals surface area contributed by atoms with Crippen LogP contribution < -0.4 is 9.46 Å². The van der Waals surface area contributed by atoms with Gasteiger partial charge in [0.05, 0.1) is 19.8 Å². The molecule has 6 nitrogen and oxygen atoms in total. The number of para-hydroxylation sites is 1. The van der Waals surface area contributed by atoms with E-state index in [2.05, 4.69) is 4.72 Å². The fourth-order valence-corrected chi connectivity index (χ4v) is 4.63. The minimum atomic E-state index is -3.26. The van der Waals surface area contributed by atoms with Gasteiger partial charge in [-0.3, -0.25) is 4.79 Å². The Kier molecular flexibility index (Phi) is 4.33. The van der Waals surface area contributed by atoms with E-state index in [1.807, 2.05) is 29.2 Å². The maximum absolute atomic E-state index is 12.7. The molecule has 1 aliphatic carbocycles. The van der Waals surface area contributed by atoms with E-state index in [1.54, 1.807) is 7.11 Å². The molecule has 3 atom stereocenters. The number of hydrogen-bond donors (Lipinski definition) is 1. The van der Waals surface area contributed by atoms with E-state index in [1.165, 1.54) is 6.26 Å². The van der Waals surface area contributed by atoms with Crippen molar-refractivity contribution in [2.75, 3.05) is 19.9 Å². The number of piperidine rings is 1. The van der Waals surface area contributed by atoms with Crippen LogP contribution in [0.4, 0.5) is 0 Å². The number of ether oxygens (including phenoxy) is 1. The third kappa shape index (κ3) is 3.50. The Hall–Kier alpha value is -1.60. The van der Waals surface area contributed by atoms with E-state index in [9.17, 15) is 13.2 Å². The van der Waals surface area contributed by atoms with Gasteiger partial charge in [-0.1, -0.05) is 18.2 Å². The molecule has 2 aliphatic rings. The van der Waals surface area contributed by atoms with E-state index >= 15 is 0 Å². The lowest BCUT2D eigenvalue weighted by Gasteiger charge is -2.33. The van der Waals surface area contributed by atoms with Crippen molar-refractivity contribution in [2.45, 2.75) is 31.3 Å². The number of carbonyl (C=O) groups excluding carboxylic acids is 1. The molecule has 1 saturated heterocycles. The number of benzene rings is 1. The van der Waals surface area contributed by atoms with Gasteiger partial charge < -0.3 is 9.64 Å². The van der Waals surface area contributed by atoms with Gasteiger partial charge in [-0.25, -0.2) is 13.1 Å². The normalized spacial score (nSPS) is 26.5. The van der Waals surface area contributed by atoms with Crippen molar-refractivity contribution < 1.29 is 17.9 Å². The molecule has 0 spiro atoms. The summed E-state index contributed by atoms with van der Waals surface area (Å²) in [5.74, 6) is 1.12. The zero-order chi connectivity index (χ0) is 16.6. The van der Waals surface area contributed by atoms with Crippen LogP contribution in [-0.2, 0) is 21.2 Å².